The fraction of sp³-hybridized carbons (Fsp3) is 0.261. The van der Waals surface area contributed by atoms with Gasteiger partial charge in [0.05, 0.1) is 34.9 Å². The Bertz CT molecular complexity index is 1450. The molecule has 0 radical (unpaired) electrons. The molecular formula is C23H21ClFN5O4S. The number of carbonyl (C=O) groups excluding carboxylic acids is 2. The molecule has 182 valence electrons. The summed E-state index contributed by atoms with van der Waals surface area (Å²) in [5.41, 5.74) is -1.41. The van der Waals surface area contributed by atoms with Crippen LogP contribution in [0.3, 0.4) is 0 Å². The molecule has 4 rings (SSSR count). The van der Waals surface area contributed by atoms with E-state index in [1.54, 1.807) is 26.8 Å². The lowest BCUT2D eigenvalue weighted by Crippen LogP contribution is -2.29. The first kappa shape index (κ1) is 24.6. The van der Waals surface area contributed by atoms with Gasteiger partial charge in [-0.15, -0.1) is 11.3 Å². The van der Waals surface area contributed by atoms with E-state index >= 15 is 4.39 Å². The van der Waals surface area contributed by atoms with Crippen LogP contribution in [0.5, 0.6) is 0 Å². The van der Waals surface area contributed by atoms with Gasteiger partial charge in [0.1, 0.15) is 5.82 Å². The highest BCUT2D eigenvalue weighted by Crippen LogP contribution is 2.28. The maximum atomic E-state index is 15.4. The topological polar surface area (TPSA) is 112 Å². The van der Waals surface area contributed by atoms with E-state index < -0.39 is 29.2 Å². The zero-order valence-corrected chi connectivity index (χ0v) is 20.6. The molecule has 0 aliphatic carbocycles. The number of nitrogens with zero attached hydrogens (tertiary/aromatic N) is 4. The van der Waals surface area contributed by atoms with E-state index in [2.05, 4.69) is 15.6 Å². The Morgan fingerprint density at radius 2 is 1.97 bits per heavy atom. The summed E-state index contributed by atoms with van der Waals surface area (Å²) < 4.78 is 22.7. The van der Waals surface area contributed by atoms with Gasteiger partial charge in [0.25, 0.3) is 11.5 Å². The minimum absolute atomic E-state index is 0.0438. The van der Waals surface area contributed by atoms with Crippen molar-refractivity contribution in [2.24, 2.45) is 5.41 Å². The molecule has 0 amide bonds. The summed E-state index contributed by atoms with van der Waals surface area (Å²) in [6.45, 7) is 5.02. The van der Waals surface area contributed by atoms with E-state index in [-0.39, 0.29) is 22.9 Å². The third-order valence-electron chi connectivity index (χ3n) is 5.02. The van der Waals surface area contributed by atoms with Crippen molar-refractivity contribution in [3.8, 4) is 11.3 Å². The average Bonchev–Trinajstić information content (AvgIpc) is 3.55. The van der Waals surface area contributed by atoms with E-state index in [1.807, 2.05) is 6.07 Å². The van der Waals surface area contributed by atoms with E-state index in [9.17, 15) is 14.4 Å². The first-order valence-electron chi connectivity index (χ1n) is 10.5. The van der Waals surface area contributed by atoms with Crippen LogP contribution in [0, 0.1) is 11.4 Å². The van der Waals surface area contributed by atoms with E-state index in [0.717, 1.165) is 10.9 Å². The number of hydrogen-bond acceptors (Lipinski definition) is 8. The molecule has 0 fully saturated rings. The van der Waals surface area contributed by atoms with Crippen molar-refractivity contribution in [3.63, 3.8) is 0 Å². The van der Waals surface area contributed by atoms with Crippen molar-refractivity contribution in [3.05, 3.63) is 73.9 Å². The maximum Gasteiger partial charge on any atom is 0.254 e. The predicted molar refractivity (Wildman–Crippen MR) is 129 cm³/mol. The first-order chi connectivity index (χ1) is 16.5. The molecule has 35 heavy (non-hydrogen) atoms. The van der Waals surface area contributed by atoms with Gasteiger partial charge < -0.3 is 9.84 Å². The largest absolute Gasteiger partial charge is 0.365 e. The first-order valence-corrected chi connectivity index (χ1v) is 11.7. The molecule has 1 N–H and O–H groups in total. The summed E-state index contributed by atoms with van der Waals surface area (Å²) in [5.74, 6) is -1.65. The van der Waals surface area contributed by atoms with Gasteiger partial charge in [-0.1, -0.05) is 37.5 Å². The summed E-state index contributed by atoms with van der Waals surface area (Å²) in [5, 5.41) is 10.9. The van der Waals surface area contributed by atoms with Crippen LogP contribution in [0.2, 0.25) is 4.34 Å². The summed E-state index contributed by atoms with van der Waals surface area (Å²) in [4.78, 5) is 38.7. The van der Waals surface area contributed by atoms with E-state index in [4.69, 9.17) is 16.1 Å². The van der Waals surface area contributed by atoms with Gasteiger partial charge >= 0.3 is 0 Å². The van der Waals surface area contributed by atoms with Gasteiger partial charge in [-0.2, -0.15) is 14.2 Å². The Morgan fingerprint density at radius 3 is 2.60 bits per heavy atom. The highest BCUT2D eigenvalue weighted by Gasteiger charge is 2.28. The summed E-state index contributed by atoms with van der Waals surface area (Å²) in [7, 11) is 0. The molecule has 0 unspecified atom stereocenters. The average molecular weight is 518 g/mol. The van der Waals surface area contributed by atoms with Crippen LogP contribution in [0.25, 0.3) is 11.3 Å². The number of aromatic nitrogens is 4. The van der Waals surface area contributed by atoms with Gasteiger partial charge in [0.15, 0.2) is 0 Å². The van der Waals surface area contributed by atoms with Crippen LogP contribution < -0.4 is 10.9 Å². The Labute approximate surface area is 208 Å². The second-order valence-corrected chi connectivity index (χ2v) is 10.5. The number of carbonyl (C=O) groups is 2. The highest BCUT2D eigenvalue weighted by molar-refractivity contribution is 7.16. The summed E-state index contributed by atoms with van der Waals surface area (Å²) in [6.07, 6.45) is 1.28. The van der Waals surface area contributed by atoms with Crippen LogP contribution >= 0.6 is 22.9 Å². The number of hydrogen-bond donors (Lipinski definition) is 1. The Morgan fingerprint density at radius 1 is 1.20 bits per heavy atom. The molecule has 4 aromatic rings. The number of nitrogens with one attached hydrogen (secondary N) is 1. The van der Waals surface area contributed by atoms with Crippen LogP contribution in [-0.2, 0) is 13.1 Å². The van der Waals surface area contributed by atoms with Crippen LogP contribution in [0.1, 0.15) is 41.0 Å². The van der Waals surface area contributed by atoms with E-state index in [0.29, 0.717) is 21.3 Å². The molecule has 0 saturated heterocycles. The van der Waals surface area contributed by atoms with Gasteiger partial charge in [-0.05, 0) is 18.2 Å². The quantitative estimate of drug-likeness (QED) is 0.278. The van der Waals surface area contributed by atoms with Gasteiger partial charge in [-0.3, -0.25) is 19.0 Å². The molecule has 9 nitrogen and oxygen atoms in total. The van der Waals surface area contributed by atoms with Crippen molar-refractivity contribution < 1.29 is 18.5 Å². The number of Topliss-reactive ketones (excluding diaryl/α,β-unsaturated/α-hetero) is 1. The maximum absolute atomic E-state index is 15.4. The monoisotopic (exact) mass is 517 g/mol. The number of thiophene rings is 1. The lowest BCUT2D eigenvalue weighted by Gasteiger charge is -2.18. The zero-order chi connectivity index (χ0) is 25.3. The number of pyridine rings is 1. The normalized spacial score (nSPS) is 11.6. The minimum Gasteiger partial charge on any atom is -0.365 e. The molecule has 4 aromatic heterocycles. The van der Waals surface area contributed by atoms with Crippen molar-refractivity contribution in [2.75, 3.05) is 5.32 Å². The third kappa shape index (κ3) is 5.25. The fourth-order valence-corrected chi connectivity index (χ4v) is 4.24. The molecular weight excluding hydrogens is 497 g/mol. The lowest BCUT2D eigenvalue weighted by molar-refractivity contribution is 0.0752. The Balaban J connectivity index is 1.72. The molecule has 12 heteroatoms. The summed E-state index contributed by atoms with van der Waals surface area (Å²) in [6, 6.07) is 8.87. The predicted octanol–water partition coefficient (Wildman–Crippen LogP) is 4.74. The number of ketones is 1. The SMILES string of the molecule is CC(C)(C)C(=O)n1nc(-c2ccc(=O)n(CC(=O)c3ccno3)c2F)cc1NCc1ccc(Cl)s1. The second kappa shape index (κ2) is 9.59. The lowest BCUT2D eigenvalue weighted by atomic mass is 9.96. The zero-order valence-electron chi connectivity index (χ0n) is 19.0. The molecule has 0 bridgehead atoms. The van der Waals surface area contributed by atoms with Gasteiger partial charge in [0.2, 0.25) is 17.5 Å². The molecule has 0 saturated carbocycles. The minimum atomic E-state index is -0.963. The van der Waals surface area contributed by atoms with Crippen molar-refractivity contribution in [2.45, 2.75) is 33.9 Å². The summed E-state index contributed by atoms with van der Waals surface area (Å²) >= 11 is 7.38. The standard InChI is InChI=1S/C23H21ClFN5O4S/c1-23(2,3)22(33)30-19(26-11-13-4-6-18(24)35-13)10-15(28-30)14-5-7-20(32)29(21(14)25)12-16(31)17-8-9-27-34-17/h4-10,26H,11-12H2,1-3H3. The Hall–Kier alpha value is -3.57. The molecule has 4 heterocycles. The molecule has 0 aliphatic heterocycles. The van der Waals surface area contributed by atoms with Crippen LogP contribution in [-0.4, -0.2) is 31.2 Å². The van der Waals surface area contributed by atoms with Gasteiger partial charge in [0, 0.05) is 28.5 Å². The number of halogens is 2. The van der Waals surface area contributed by atoms with Crippen molar-refractivity contribution >= 4 is 40.4 Å². The van der Waals surface area contributed by atoms with E-state index in [1.165, 1.54) is 40.4 Å². The molecule has 0 spiro atoms. The van der Waals surface area contributed by atoms with Crippen molar-refractivity contribution in [1.82, 2.24) is 19.5 Å². The van der Waals surface area contributed by atoms with Crippen LogP contribution in [0.15, 0.2) is 51.9 Å². The van der Waals surface area contributed by atoms with Crippen LogP contribution in [0.4, 0.5) is 10.2 Å². The molecule has 0 aromatic carbocycles. The molecule has 0 aliphatic rings. The van der Waals surface area contributed by atoms with Gasteiger partial charge in [-0.25, -0.2) is 0 Å². The number of rotatable bonds is 7. The highest BCUT2D eigenvalue weighted by atomic mass is 35.5. The Kier molecular flexibility index (Phi) is 6.73. The number of anilines is 1. The third-order valence-corrected chi connectivity index (χ3v) is 6.26. The smallest absolute Gasteiger partial charge is 0.254 e. The fourth-order valence-electron chi connectivity index (χ4n) is 3.21. The molecule has 0 atom stereocenters. The second-order valence-electron chi connectivity index (χ2n) is 8.70. The van der Waals surface area contributed by atoms with Crippen molar-refractivity contribution in [1.29, 1.82) is 0 Å².